The SMILES string of the molecule is C=C[C@@]1(C)CC(=O)[C@]2(O)[C@@]3(C)[C@@H](O)CCC(C)(C)[C@@H]3[C@H](OC(=O)COC(=O)c3cccc(CN4CCOCC4)c3)[C@H](OC(C)=O)[C@@]2(C)O1.Cl. The largest absolute Gasteiger partial charge is 0.455 e. The smallest absolute Gasteiger partial charge is 0.344 e. The number of aliphatic hydroxyl groups excluding tert-OH is 1. The summed E-state index contributed by atoms with van der Waals surface area (Å²) in [4.78, 5) is 55.6. The maximum atomic E-state index is 14.2. The molecular formula is C36H50ClNO11. The molecule has 2 N–H and O–H groups in total. The molecule has 272 valence electrons. The number of ketones is 1. The van der Waals surface area contributed by atoms with Crippen molar-refractivity contribution in [2.24, 2.45) is 16.7 Å². The Morgan fingerprint density at radius 3 is 2.41 bits per heavy atom. The van der Waals surface area contributed by atoms with Gasteiger partial charge in [-0.25, -0.2) is 9.59 Å². The third kappa shape index (κ3) is 6.68. The van der Waals surface area contributed by atoms with Crippen LogP contribution in [0, 0.1) is 16.7 Å². The molecule has 8 atom stereocenters. The Bertz CT molecular complexity index is 1460. The van der Waals surface area contributed by atoms with Gasteiger partial charge in [0.2, 0.25) is 0 Å². The normalized spacial score (nSPS) is 37.0. The van der Waals surface area contributed by atoms with Gasteiger partial charge >= 0.3 is 17.9 Å². The van der Waals surface area contributed by atoms with Gasteiger partial charge in [0, 0.05) is 44.3 Å². The third-order valence-corrected chi connectivity index (χ3v) is 11.3. The van der Waals surface area contributed by atoms with E-state index in [0.717, 1.165) is 18.7 Å². The van der Waals surface area contributed by atoms with Crippen molar-refractivity contribution in [3.63, 3.8) is 0 Å². The lowest BCUT2D eigenvalue weighted by atomic mass is 9.39. The number of aliphatic hydroxyl groups is 2. The van der Waals surface area contributed by atoms with Crippen LogP contribution in [0.5, 0.6) is 0 Å². The van der Waals surface area contributed by atoms with Gasteiger partial charge in [0.05, 0.1) is 30.5 Å². The van der Waals surface area contributed by atoms with Gasteiger partial charge in [0.25, 0.3) is 0 Å². The van der Waals surface area contributed by atoms with Gasteiger partial charge in [-0.1, -0.05) is 39.0 Å². The van der Waals surface area contributed by atoms with Crippen molar-refractivity contribution in [2.75, 3.05) is 32.9 Å². The number of morpholine rings is 1. The van der Waals surface area contributed by atoms with Crippen molar-refractivity contribution in [2.45, 2.75) is 102 Å². The zero-order valence-electron chi connectivity index (χ0n) is 29.2. The summed E-state index contributed by atoms with van der Waals surface area (Å²) in [5, 5.41) is 24.3. The highest BCUT2D eigenvalue weighted by Crippen LogP contribution is 2.67. The second kappa shape index (κ2) is 14.0. The fourth-order valence-corrected chi connectivity index (χ4v) is 8.95. The number of carbonyl (C=O) groups is 4. The van der Waals surface area contributed by atoms with Crippen LogP contribution in [0.2, 0.25) is 0 Å². The zero-order chi connectivity index (χ0) is 35.3. The maximum Gasteiger partial charge on any atom is 0.344 e. The number of esters is 3. The van der Waals surface area contributed by atoms with Crippen LogP contribution in [0.25, 0.3) is 0 Å². The van der Waals surface area contributed by atoms with Crippen LogP contribution in [0.3, 0.4) is 0 Å². The van der Waals surface area contributed by atoms with Crippen LogP contribution in [0.15, 0.2) is 36.9 Å². The molecule has 13 heteroatoms. The Morgan fingerprint density at radius 2 is 1.78 bits per heavy atom. The van der Waals surface area contributed by atoms with E-state index >= 15 is 0 Å². The maximum absolute atomic E-state index is 14.2. The van der Waals surface area contributed by atoms with Crippen LogP contribution in [-0.2, 0) is 44.6 Å². The number of ether oxygens (including phenoxy) is 5. The molecule has 5 rings (SSSR count). The first-order valence-electron chi connectivity index (χ1n) is 16.6. The summed E-state index contributed by atoms with van der Waals surface area (Å²) in [7, 11) is 0. The number of benzene rings is 1. The summed E-state index contributed by atoms with van der Waals surface area (Å²) in [6, 6.07) is 6.97. The van der Waals surface area contributed by atoms with E-state index in [0.29, 0.717) is 26.2 Å². The standard InChI is InChI=1S/C36H49NO11.ClH/c1-8-33(5)19-26(40)36(43)34(6)25(39)12-13-32(3,4)29(34)28(30(46-22(2)38)35(36,7)48-33)47-27(41)21-45-31(42)24-11-9-10-23(18-24)20-37-14-16-44-17-15-37;/h8-11,18,25,28-30,39,43H,1,12-17,19-21H2,2-7H3;1H/t25-,28-,29-,30-,33-,34-,35+,36-;/m0./s1. The minimum atomic E-state index is -2.36. The zero-order valence-corrected chi connectivity index (χ0v) is 30.0. The molecule has 4 aliphatic rings. The lowest BCUT2D eigenvalue weighted by Crippen LogP contribution is -2.87. The lowest BCUT2D eigenvalue weighted by molar-refractivity contribution is -0.371. The molecule has 0 amide bonds. The summed E-state index contributed by atoms with van der Waals surface area (Å²) in [5.41, 5.74) is -6.77. The lowest BCUT2D eigenvalue weighted by Gasteiger charge is -2.71. The average molecular weight is 708 g/mol. The predicted molar refractivity (Wildman–Crippen MR) is 179 cm³/mol. The average Bonchev–Trinajstić information content (AvgIpc) is 3.02. The molecule has 2 aliphatic carbocycles. The Kier molecular flexibility index (Phi) is 11.2. The molecule has 49 heavy (non-hydrogen) atoms. The molecule has 0 bridgehead atoms. The fourth-order valence-electron chi connectivity index (χ4n) is 8.95. The molecule has 2 aliphatic heterocycles. The van der Waals surface area contributed by atoms with E-state index in [1.807, 2.05) is 19.9 Å². The second-order valence-corrected chi connectivity index (χ2v) is 15.0. The van der Waals surface area contributed by atoms with Crippen molar-refractivity contribution >= 4 is 36.1 Å². The van der Waals surface area contributed by atoms with Gasteiger partial charge in [0.15, 0.2) is 24.1 Å². The first-order chi connectivity index (χ1) is 22.4. The van der Waals surface area contributed by atoms with Crippen molar-refractivity contribution in [3.8, 4) is 0 Å². The predicted octanol–water partition coefficient (Wildman–Crippen LogP) is 3.18. The highest BCUT2D eigenvalue weighted by Gasteiger charge is 2.82. The van der Waals surface area contributed by atoms with Crippen LogP contribution in [0.4, 0.5) is 0 Å². The van der Waals surface area contributed by atoms with E-state index in [-0.39, 0.29) is 30.8 Å². The van der Waals surface area contributed by atoms with E-state index in [4.69, 9.17) is 23.7 Å². The van der Waals surface area contributed by atoms with E-state index < -0.39 is 82.2 Å². The summed E-state index contributed by atoms with van der Waals surface area (Å²) in [6.07, 6.45) is -2.09. The molecule has 2 saturated carbocycles. The molecule has 0 aromatic heterocycles. The second-order valence-electron chi connectivity index (χ2n) is 15.0. The van der Waals surface area contributed by atoms with Gasteiger partial charge in [-0.3, -0.25) is 14.5 Å². The van der Waals surface area contributed by atoms with Crippen molar-refractivity contribution in [3.05, 3.63) is 48.0 Å². The number of halogens is 1. The first-order valence-corrected chi connectivity index (χ1v) is 16.6. The van der Waals surface area contributed by atoms with E-state index in [2.05, 4.69) is 11.5 Å². The summed E-state index contributed by atoms with van der Waals surface area (Å²) < 4.78 is 29.2. The summed E-state index contributed by atoms with van der Waals surface area (Å²) in [6.45, 7) is 16.2. The highest BCUT2D eigenvalue weighted by atomic mass is 35.5. The molecule has 0 radical (unpaired) electrons. The van der Waals surface area contributed by atoms with E-state index in [9.17, 15) is 29.4 Å². The summed E-state index contributed by atoms with van der Waals surface area (Å²) >= 11 is 0. The fraction of sp³-hybridized carbons (Fsp3) is 0.667. The van der Waals surface area contributed by atoms with Gasteiger partial charge in [0.1, 0.15) is 11.7 Å². The molecule has 1 aromatic carbocycles. The van der Waals surface area contributed by atoms with Crippen molar-refractivity contribution in [1.29, 1.82) is 0 Å². The Morgan fingerprint density at radius 1 is 1.10 bits per heavy atom. The van der Waals surface area contributed by atoms with Crippen molar-refractivity contribution in [1.82, 2.24) is 4.90 Å². The molecule has 0 unspecified atom stereocenters. The molecule has 2 heterocycles. The van der Waals surface area contributed by atoms with Crippen LogP contribution >= 0.6 is 12.4 Å². The van der Waals surface area contributed by atoms with Crippen LogP contribution < -0.4 is 0 Å². The quantitative estimate of drug-likeness (QED) is 0.231. The third-order valence-electron chi connectivity index (χ3n) is 11.3. The van der Waals surface area contributed by atoms with Crippen molar-refractivity contribution < 1.29 is 53.1 Å². The molecule has 12 nitrogen and oxygen atoms in total. The Labute approximate surface area is 293 Å². The number of hydrogen-bond donors (Lipinski definition) is 2. The first kappa shape index (κ1) is 38.9. The highest BCUT2D eigenvalue weighted by molar-refractivity contribution is 5.93. The van der Waals surface area contributed by atoms with E-state index in [1.54, 1.807) is 32.0 Å². The summed E-state index contributed by atoms with van der Waals surface area (Å²) in [5.74, 6) is -3.91. The van der Waals surface area contributed by atoms with Gasteiger partial charge in [-0.2, -0.15) is 0 Å². The molecule has 4 fully saturated rings. The van der Waals surface area contributed by atoms with E-state index in [1.165, 1.54) is 19.9 Å². The number of rotatable bonds is 8. The minimum absolute atomic E-state index is 0. The van der Waals surface area contributed by atoms with Crippen LogP contribution in [-0.4, -0.2) is 107 Å². The molecular weight excluding hydrogens is 658 g/mol. The number of fused-ring (bicyclic) bond motifs is 3. The minimum Gasteiger partial charge on any atom is -0.455 e. The van der Waals surface area contributed by atoms with Crippen LogP contribution in [0.1, 0.15) is 76.7 Å². The Hall–Kier alpha value is -2.87. The molecule has 0 spiro atoms. The van der Waals surface area contributed by atoms with Gasteiger partial charge in [-0.15, -0.1) is 19.0 Å². The number of Topliss-reactive ketones (excluding diaryl/α,β-unsaturated/α-hetero) is 1. The number of hydrogen-bond acceptors (Lipinski definition) is 12. The Balaban J connectivity index is 0.00000541. The topological polar surface area (TPSA) is 158 Å². The molecule has 2 saturated heterocycles. The van der Waals surface area contributed by atoms with Gasteiger partial charge in [-0.05, 0) is 49.8 Å². The molecule has 1 aromatic rings. The monoisotopic (exact) mass is 707 g/mol. The number of nitrogens with zero attached hydrogens (tertiary/aromatic N) is 1. The number of carbonyl (C=O) groups excluding carboxylic acids is 4. The van der Waals surface area contributed by atoms with Gasteiger partial charge < -0.3 is 33.9 Å².